The lowest BCUT2D eigenvalue weighted by Gasteiger charge is -2.38. The van der Waals surface area contributed by atoms with Gasteiger partial charge >= 0.3 is 0 Å². The Morgan fingerprint density at radius 3 is 2.60 bits per heavy atom. The smallest absolute Gasteiger partial charge is 0.119 e. The van der Waals surface area contributed by atoms with Crippen molar-refractivity contribution in [2.24, 2.45) is 5.73 Å². The fourth-order valence-corrected chi connectivity index (χ4v) is 2.69. The zero-order valence-corrected chi connectivity index (χ0v) is 11.9. The second-order valence-corrected chi connectivity index (χ2v) is 5.34. The average molecular weight is 299 g/mol. The van der Waals surface area contributed by atoms with E-state index in [1.54, 1.807) is 12.5 Å². The summed E-state index contributed by atoms with van der Waals surface area (Å²) >= 11 is 6.67. The number of halogens is 1. The predicted octanol–water partition coefficient (Wildman–Crippen LogP) is 1.13. The number of nitrogens with two attached hydrogens (primary N) is 1. The molecule has 0 bridgehead atoms. The molecule has 1 aromatic heterocycles. The Morgan fingerprint density at radius 2 is 2.05 bits per heavy atom. The third kappa shape index (κ3) is 3.07. The first-order valence-electron chi connectivity index (χ1n) is 6.48. The molecule has 0 aromatic carbocycles. The third-order valence-corrected chi connectivity index (χ3v) is 3.88. The van der Waals surface area contributed by atoms with Gasteiger partial charge in [0, 0.05) is 36.3 Å². The molecule has 0 saturated carbocycles. The van der Waals surface area contributed by atoms with Crippen LogP contribution in [0.3, 0.4) is 0 Å². The van der Waals surface area contributed by atoms with Crippen molar-refractivity contribution in [2.75, 3.05) is 26.3 Å². The number of furan rings is 1. The van der Waals surface area contributed by atoms with Gasteiger partial charge < -0.3 is 20.4 Å². The van der Waals surface area contributed by atoms with Gasteiger partial charge in [-0.2, -0.15) is 0 Å². The van der Waals surface area contributed by atoms with Crippen molar-refractivity contribution in [1.82, 2.24) is 4.90 Å². The molecule has 4 N–H and O–H groups in total. The van der Waals surface area contributed by atoms with Crippen molar-refractivity contribution < 1.29 is 14.6 Å². The van der Waals surface area contributed by atoms with E-state index in [0.29, 0.717) is 25.2 Å². The highest BCUT2D eigenvalue weighted by atomic mass is 35.5. The fraction of sp³-hybridized carbons (Fsp3) is 0.429. The number of alkyl halides is 1. The molecule has 1 atom stereocenters. The van der Waals surface area contributed by atoms with Gasteiger partial charge in [-0.1, -0.05) is 17.7 Å². The van der Waals surface area contributed by atoms with E-state index in [0.717, 1.165) is 11.1 Å². The van der Waals surface area contributed by atoms with Crippen LogP contribution in [-0.4, -0.2) is 46.4 Å². The molecule has 0 aliphatic heterocycles. The Labute approximate surface area is 122 Å². The van der Waals surface area contributed by atoms with E-state index < -0.39 is 5.00 Å². The maximum Gasteiger partial charge on any atom is 0.119 e. The molecular weight excluding hydrogens is 280 g/mol. The van der Waals surface area contributed by atoms with Gasteiger partial charge in [-0.3, -0.25) is 4.90 Å². The van der Waals surface area contributed by atoms with Gasteiger partial charge in [0.25, 0.3) is 0 Å². The van der Waals surface area contributed by atoms with Gasteiger partial charge in [0.05, 0.1) is 25.7 Å². The van der Waals surface area contributed by atoms with E-state index >= 15 is 0 Å². The number of aliphatic hydroxyl groups is 2. The van der Waals surface area contributed by atoms with Crippen molar-refractivity contribution in [3.05, 3.63) is 42.0 Å². The molecule has 0 radical (unpaired) electrons. The van der Waals surface area contributed by atoms with Crippen LogP contribution in [0, 0.1) is 0 Å². The molecule has 1 aliphatic rings. The molecule has 6 heteroatoms. The molecule has 1 aromatic rings. The van der Waals surface area contributed by atoms with Crippen LogP contribution >= 0.6 is 11.6 Å². The van der Waals surface area contributed by atoms with Crippen LogP contribution in [0.15, 0.2) is 40.9 Å². The Balaban J connectivity index is 2.32. The summed E-state index contributed by atoms with van der Waals surface area (Å²) in [6, 6.07) is 1.82. The average Bonchev–Trinajstić information content (AvgIpc) is 2.95. The highest BCUT2D eigenvalue weighted by molar-refractivity contribution is 6.26. The van der Waals surface area contributed by atoms with Crippen LogP contribution in [0.4, 0.5) is 0 Å². The molecule has 0 amide bonds. The lowest BCUT2D eigenvalue weighted by atomic mass is 9.94. The molecule has 2 rings (SSSR count). The highest BCUT2D eigenvalue weighted by Crippen LogP contribution is 2.37. The largest absolute Gasteiger partial charge is 0.472 e. The minimum absolute atomic E-state index is 0.0252. The van der Waals surface area contributed by atoms with E-state index in [9.17, 15) is 0 Å². The SMILES string of the molecule is NC1=CCC(Cl)(N(CCO)CCO)C=C1c1ccoc1. The minimum Gasteiger partial charge on any atom is -0.472 e. The van der Waals surface area contributed by atoms with Gasteiger partial charge in [0.1, 0.15) is 5.00 Å². The van der Waals surface area contributed by atoms with E-state index in [1.165, 1.54) is 0 Å². The van der Waals surface area contributed by atoms with Crippen molar-refractivity contribution in [2.45, 2.75) is 11.4 Å². The van der Waals surface area contributed by atoms with Crippen LogP contribution in [0.25, 0.3) is 5.57 Å². The number of nitrogens with zero attached hydrogens (tertiary/aromatic N) is 1. The molecule has 0 fully saturated rings. The Kier molecular flexibility index (Phi) is 4.88. The van der Waals surface area contributed by atoms with Gasteiger partial charge in [-0.15, -0.1) is 0 Å². The lowest BCUT2D eigenvalue weighted by Crippen LogP contribution is -2.46. The van der Waals surface area contributed by atoms with Crippen molar-refractivity contribution in [1.29, 1.82) is 0 Å². The Morgan fingerprint density at radius 1 is 1.35 bits per heavy atom. The van der Waals surface area contributed by atoms with Crippen LogP contribution in [0.5, 0.6) is 0 Å². The summed E-state index contributed by atoms with van der Waals surface area (Å²) in [6.45, 7) is 0.713. The second-order valence-electron chi connectivity index (χ2n) is 4.69. The number of allylic oxidation sites excluding steroid dienone is 1. The minimum atomic E-state index is -0.805. The molecule has 110 valence electrons. The topological polar surface area (TPSA) is 82.9 Å². The molecule has 1 heterocycles. The summed E-state index contributed by atoms with van der Waals surface area (Å²) in [5.74, 6) is 0. The molecule has 0 saturated heterocycles. The monoisotopic (exact) mass is 298 g/mol. The van der Waals surface area contributed by atoms with E-state index in [1.807, 2.05) is 23.1 Å². The number of aliphatic hydroxyl groups excluding tert-OH is 2. The molecule has 1 unspecified atom stereocenters. The number of hydrogen-bond donors (Lipinski definition) is 3. The molecule has 5 nitrogen and oxygen atoms in total. The predicted molar refractivity (Wildman–Crippen MR) is 77.9 cm³/mol. The zero-order chi connectivity index (χ0) is 14.6. The molecule has 1 aliphatic carbocycles. The summed E-state index contributed by atoms with van der Waals surface area (Å²) in [5, 5.41) is 18.3. The van der Waals surface area contributed by atoms with E-state index in [2.05, 4.69) is 0 Å². The quantitative estimate of drug-likeness (QED) is 0.542. The zero-order valence-electron chi connectivity index (χ0n) is 11.1. The first-order chi connectivity index (χ1) is 9.60. The third-order valence-electron chi connectivity index (χ3n) is 3.38. The standard InChI is InChI=1S/C14H19ClN2O3/c15-14(17(4-6-18)5-7-19)3-1-13(16)12(9-14)11-2-8-20-10-11/h1-2,8-10,18-19H,3-7,16H2. The fourth-order valence-electron chi connectivity index (χ4n) is 2.34. The Bertz CT molecular complexity index is 493. The number of hydrogen-bond acceptors (Lipinski definition) is 5. The van der Waals surface area contributed by atoms with Crippen LogP contribution in [0.1, 0.15) is 12.0 Å². The van der Waals surface area contributed by atoms with Crippen LogP contribution in [-0.2, 0) is 0 Å². The van der Waals surface area contributed by atoms with Crippen molar-refractivity contribution in [3.63, 3.8) is 0 Å². The number of rotatable bonds is 6. The summed E-state index contributed by atoms with van der Waals surface area (Å²) < 4.78 is 5.08. The van der Waals surface area contributed by atoms with Gasteiger partial charge in [-0.25, -0.2) is 0 Å². The maximum absolute atomic E-state index is 9.15. The van der Waals surface area contributed by atoms with E-state index in [4.69, 9.17) is 32.0 Å². The van der Waals surface area contributed by atoms with E-state index in [-0.39, 0.29) is 13.2 Å². The first kappa shape index (κ1) is 15.1. The summed E-state index contributed by atoms with van der Waals surface area (Å²) in [5.41, 5.74) is 8.33. The van der Waals surface area contributed by atoms with Crippen molar-refractivity contribution in [3.8, 4) is 0 Å². The summed E-state index contributed by atoms with van der Waals surface area (Å²) in [4.78, 5) is 1.03. The molecule has 0 spiro atoms. The summed E-state index contributed by atoms with van der Waals surface area (Å²) in [6.07, 6.45) is 7.42. The maximum atomic E-state index is 9.15. The summed E-state index contributed by atoms with van der Waals surface area (Å²) in [7, 11) is 0. The molecule has 20 heavy (non-hydrogen) atoms. The first-order valence-corrected chi connectivity index (χ1v) is 6.85. The van der Waals surface area contributed by atoms with Crippen LogP contribution in [0.2, 0.25) is 0 Å². The van der Waals surface area contributed by atoms with Gasteiger partial charge in [0.2, 0.25) is 0 Å². The van der Waals surface area contributed by atoms with Crippen molar-refractivity contribution >= 4 is 17.2 Å². The van der Waals surface area contributed by atoms with Gasteiger partial charge in [0.15, 0.2) is 0 Å². The highest BCUT2D eigenvalue weighted by Gasteiger charge is 2.34. The Hall–Kier alpha value is -1.27. The second kappa shape index (κ2) is 6.45. The molecular formula is C14H19ClN2O3. The van der Waals surface area contributed by atoms with Crippen LogP contribution < -0.4 is 5.73 Å². The normalized spacial score (nSPS) is 22.8. The lowest BCUT2D eigenvalue weighted by molar-refractivity contribution is 0.122. The van der Waals surface area contributed by atoms with Gasteiger partial charge in [-0.05, 0) is 12.1 Å².